The number of ether oxygens (including phenoxy) is 2. The van der Waals surface area contributed by atoms with Crippen LogP contribution in [0.3, 0.4) is 0 Å². The normalized spacial score (nSPS) is 17.9. The van der Waals surface area contributed by atoms with E-state index in [2.05, 4.69) is 10.2 Å². The van der Waals surface area contributed by atoms with E-state index in [1.165, 1.54) is 12.1 Å². The van der Waals surface area contributed by atoms with Crippen molar-refractivity contribution in [3.8, 4) is 11.5 Å². The van der Waals surface area contributed by atoms with Crippen molar-refractivity contribution in [3.05, 3.63) is 53.8 Å². The summed E-state index contributed by atoms with van der Waals surface area (Å²) in [6.45, 7) is 2.30. The van der Waals surface area contributed by atoms with Gasteiger partial charge in [-0.1, -0.05) is 12.8 Å². The highest BCUT2D eigenvalue weighted by atomic mass is 19.1. The molecule has 1 aliphatic heterocycles. The Morgan fingerprint density at radius 1 is 0.941 bits per heavy atom. The second-order valence-corrected chi connectivity index (χ2v) is 8.92. The van der Waals surface area contributed by atoms with Gasteiger partial charge in [0.25, 0.3) is 5.91 Å². The summed E-state index contributed by atoms with van der Waals surface area (Å²) in [7, 11) is 3.11. The van der Waals surface area contributed by atoms with E-state index >= 15 is 0 Å². The van der Waals surface area contributed by atoms with Crippen molar-refractivity contribution < 1.29 is 23.5 Å². The quantitative estimate of drug-likeness (QED) is 0.668. The van der Waals surface area contributed by atoms with Crippen LogP contribution in [0, 0.1) is 11.7 Å². The second-order valence-electron chi connectivity index (χ2n) is 8.92. The fourth-order valence-electron chi connectivity index (χ4n) is 5.02. The Morgan fingerprint density at radius 2 is 1.53 bits per heavy atom. The van der Waals surface area contributed by atoms with Crippen molar-refractivity contribution >= 4 is 17.5 Å². The zero-order valence-corrected chi connectivity index (χ0v) is 19.8. The van der Waals surface area contributed by atoms with Gasteiger partial charge in [0.1, 0.15) is 17.3 Å². The Balaban J connectivity index is 1.44. The number of rotatable bonds is 7. The molecule has 1 aliphatic carbocycles. The topological polar surface area (TPSA) is 71.1 Å². The van der Waals surface area contributed by atoms with Gasteiger partial charge in [-0.25, -0.2) is 4.39 Å². The predicted octanol–water partition coefficient (Wildman–Crippen LogP) is 3.80. The lowest BCUT2D eigenvalue weighted by atomic mass is 9.94. The molecule has 0 spiro atoms. The van der Waals surface area contributed by atoms with E-state index in [4.69, 9.17) is 9.47 Å². The predicted molar refractivity (Wildman–Crippen MR) is 128 cm³/mol. The minimum Gasteiger partial charge on any atom is -0.497 e. The fourth-order valence-corrected chi connectivity index (χ4v) is 5.02. The first-order valence-electron chi connectivity index (χ1n) is 11.8. The number of hydrogen-bond acceptors (Lipinski definition) is 5. The number of benzene rings is 2. The minimum atomic E-state index is -0.334. The summed E-state index contributed by atoms with van der Waals surface area (Å²) in [4.78, 5) is 30.5. The zero-order chi connectivity index (χ0) is 24.1. The van der Waals surface area contributed by atoms with Crippen molar-refractivity contribution in [2.75, 3.05) is 45.7 Å². The van der Waals surface area contributed by atoms with E-state index in [-0.39, 0.29) is 29.6 Å². The Labute approximate surface area is 199 Å². The highest BCUT2D eigenvalue weighted by Crippen LogP contribution is 2.32. The molecule has 34 heavy (non-hydrogen) atoms. The third-order valence-corrected chi connectivity index (χ3v) is 6.82. The zero-order valence-electron chi connectivity index (χ0n) is 19.8. The summed E-state index contributed by atoms with van der Waals surface area (Å²) < 4.78 is 23.9. The van der Waals surface area contributed by atoms with Gasteiger partial charge in [-0.15, -0.1) is 0 Å². The van der Waals surface area contributed by atoms with Crippen molar-refractivity contribution in [1.82, 2.24) is 9.80 Å². The van der Waals surface area contributed by atoms with Gasteiger partial charge >= 0.3 is 0 Å². The van der Waals surface area contributed by atoms with Gasteiger partial charge in [-0.3, -0.25) is 14.5 Å². The molecule has 1 N–H and O–H groups in total. The monoisotopic (exact) mass is 469 g/mol. The Morgan fingerprint density at radius 3 is 2.09 bits per heavy atom. The van der Waals surface area contributed by atoms with Crippen LogP contribution in [0.1, 0.15) is 36.0 Å². The van der Waals surface area contributed by atoms with Gasteiger partial charge in [-0.05, 0) is 55.2 Å². The lowest BCUT2D eigenvalue weighted by Crippen LogP contribution is -2.56. The molecule has 2 fully saturated rings. The molecular formula is C26H32FN3O4. The van der Waals surface area contributed by atoms with Gasteiger partial charge in [0.15, 0.2) is 0 Å². The van der Waals surface area contributed by atoms with Crippen LogP contribution in [-0.4, -0.2) is 68.1 Å². The molecule has 7 nitrogen and oxygen atoms in total. The number of nitrogens with one attached hydrogen (secondary N) is 1. The molecule has 2 aromatic rings. The van der Waals surface area contributed by atoms with Crippen molar-refractivity contribution in [1.29, 1.82) is 0 Å². The van der Waals surface area contributed by atoms with Crippen molar-refractivity contribution in [2.24, 2.45) is 5.92 Å². The van der Waals surface area contributed by atoms with Crippen LogP contribution in [0.25, 0.3) is 0 Å². The first-order valence-corrected chi connectivity index (χ1v) is 11.8. The molecule has 4 rings (SSSR count). The largest absolute Gasteiger partial charge is 0.497 e. The molecule has 182 valence electrons. The van der Waals surface area contributed by atoms with Crippen LogP contribution < -0.4 is 14.8 Å². The number of carbonyl (C=O) groups is 2. The summed E-state index contributed by atoms with van der Waals surface area (Å²) in [6, 6.07) is 10.8. The molecule has 0 aromatic heterocycles. The van der Waals surface area contributed by atoms with Crippen LogP contribution >= 0.6 is 0 Å². The minimum absolute atomic E-state index is 0.0594. The highest BCUT2D eigenvalue weighted by molar-refractivity contribution is 5.96. The van der Waals surface area contributed by atoms with Crippen molar-refractivity contribution in [2.45, 2.75) is 31.7 Å². The van der Waals surface area contributed by atoms with E-state index in [0.717, 1.165) is 25.7 Å². The molecule has 2 aliphatic rings. The smallest absolute Gasteiger partial charge is 0.254 e. The lowest BCUT2D eigenvalue weighted by molar-refractivity contribution is -0.123. The SMILES string of the molecule is COc1cc(OC)cc(C(=O)N2CCN(C(C(=O)Nc3ccc(F)cc3)C3CCCC3)CC2)c1. The Bertz CT molecular complexity index is 977. The Kier molecular flexibility index (Phi) is 7.67. The maximum absolute atomic E-state index is 13.3. The summed E-state index contributed by atoms with van der Waals surface area (Å²) in [5, 5.41) is 2.97. The van der Waals surface area contributed by atoms with Crippen LogP contribution in [-0.2, 0) is 4.79 Å². The molecule has 0 bridgehead atoms. The number of carbonyl (C=O) groups excluding carboxylic acids is 2. The molecule has 0 radical (unpaired) electrons. The maximum Gasteiger partial charge on any atom is 0.254 e. The average molecular weight is 470 g/mol. The number of nitrogens with zero attached hydrogens (tertiary/aromatic N) is 2. The molecule has 1 unspecified atom stereocenters. The van der Waals surface area contributed by atoms with Crippen LogP contribution in [0.5, 0.6) is 11.5 Å². The van der Waals surface area contributed by atoms with Gasteiger partial charge in [0, 0.05) is 43.5 Å². The van der Waals surface area contributed by atoms with E-state index in [9.17, 15) is 14.0 Å². The van der Waals surface area contributed by atoms with Gasteiger partial charge in [0.05, 0.1) is 20.3 Å². The summed E-state index contributed by atoms with van der Waals surface area (Å²) in [6.07, 6.45) is 4.29. The van der Waals surface area contributed by atoms with Crippen LogP contribution in [0.2, 0.25) is 0 Å². The lowest BCUT2D eigenvalue weighted by Gasteiger charge is -2.40. The number of amides is 2. The molecule has 8 heteroatoms. The van der Waals surface area contributed by atoms with Crippen molar-refractivity contribution in [3.63, 3.8) is 0 Å². The number of piperazine rings is 1. The van der Waals surface area contributed by atoms with Crippen LogP contribution in [0.15, 0.2) is 42.5 Å². The molecular weight excluding hydrogens is 437 g/mol. The first-order chi connectivity index (χ1) is 16.5. The molecule has 1 heterocycles. The fraction of sp³-hybridized carbons (Fsp3) is 0.462. The van der Waals surface area contributed by atoms with Gasteiger partial charge in [0.2, 0.25) is 5.91 Å². The average Bonchev–Trinajstić information content (AvgIpc) is 3.39. The molecule has 1 atom stereocenters. The molecule has 1 saturated carbocycles. The van der Waals surface area contributed by atoms with Gasteiger partial charge < -0.3 is 19.7 Å². The Hall–Kier alpha value is -3.13. The summed E-state index contributed by atoms with van der Waals surface area (Å²) >= 11 is 0. The van der Waals surface area contributed by atoms with E-state index in [1.54, 1.807) is 44.6 Å². The van der Waals surface area contributed by atoms with E-state index < -0.39 is 0 Å². The summed E-state index contributed by atoms with van der Waals surface area (Å²) in [5.74, 6) is 0.950. The van der Waals surface area contributed by atoms with E-state index in [0.29, 0.717) is 48.9 Å². The number of hydrogen-bond donors (Lipinski definition) is 1. The second kappa shape index (κ2) is 10.9. The molecule has 1 saturated heterocycles. The maximum atomic E-state index is 13.3. The molecule has 2 aromatic carbocycles. The van der Waals surface area contributed by atoms with Gasteiger partial charge in [-0.2, -0.15) is 0 Å². The first kappa shape index (κ1) is 24.0. The van der Waals surface area contributed by atoms with E-state index in [1.807, 2.05) is 4.90 Å². The third-order valence-electron chi connectivity index (χ3n) is 6.82. The summed E-state index contributed by atoms with van der Waals surface area (Å²) in [5.41, 5.74) is 1.11. The molecule has 2 amide bonds. The number of anilines is 1. The number of halogens is 1. The standard InChI is InChI=1S/C26H32FN3O4/c1-33-22-15-19(16-23(17-22)34-2)26(32)30-13-11-29(12-14-30)24(18-5-3-4-6-18)25(31)28-21-9-7-20(27)8-10-21/h7-10,15-18,24H,3-6,11-14H2,1-2H3,(H,28,31). The highest BCUT2D eigenvalue weighted by Gasteiger charge is 2.37. The third kappa shape index (κ3) is 5.50. The van der Waals surface area contributed by atoms with Crippen LogP contribution in [0.4, 0.5) is 10.1 Å². The number of methoxy groups -OCH3 is 2.